The lowest BCUT2D eigenvalue weighted by Crippen LogP contribution is -2.47. The Labute approximate surface area is 189 Å². The van der Waals surface area contributed by atoms with E-state index >= 15 is 0 Å². The highest BCUT2D eigenvalue weighted by molar-refractivity contribution is 5.80. The van der Waals surface area contributed by atoms with Gasteiger partial charge in [-0.2, -0.15) is 0 Å². The quantitative estimate of drug-likeness (QED) is 0.721. The molecule has 2 fully saturated rings. The summed E-state index contributed by atoms with van der Waals surface area (Å²) in [5.74, 6) is 1.69. The molecule has 1 atom stereocenters. The van der Waals surface area contributed by atoms with E-state index in [-0.39, 0.29) is 17.7 Å². The van der Waals surface area contributed by atoms with E-state index < -0.39 is 0 Å². The van der Waals surface area contributed by atoms with Crippen LogP contribution in [0, 0.1) is 12.8 Å². The number of rotatable bonds is 6. The summed E-state index contributed by atoms with van der Waals surface area (Å²) in [6, 6.07) is 9.99. The lowest BCUT2D eigenvalue weighted by molar-refractivity contribution is -0.136. The maximum atomic E-state index is 12.8. The highest BCUT2D eigenvalue weighted by Gasteiger charge is 2.29. The molecule has 4 heterocycles. The molecule has 3 N–H and O–H groups in total. The van der Waals surface area contributed by atoms with Crippen LogP contribution in [0.3, 0.4) is 0 Å². The first-order chi connectivity index (χ1) is 15.5. The van der Waals surface area contributed by atoms with Crippen LogP contribution in [0.2, 0.25) is 0 Å². The summed E-state index contributed by atoms with van der Waals surface area (Å²) in [6.07, 6.45) is 5.21. The normalized spacial score (nSPS) is 20.2. The van der Waals surface area contributed by atoms with Crippen molar-refractivity contribution in [3.05, 3.63) is 47.8 Å². The van der Waals surface area contributed by atoms with E-state index in [9.17, 15) is 9.59 Å². The molecule has 2 aromatic rings. The number of aromatic nitrogens is 2. The molecule has 0 spiro atoms. The van der Waals surface area contributed by atoms with Crippen molar-refractivity contribution < 1.29 is 9.59 Å². The summed E-state index contributed by atoms with van der Waals surface area (Å²) in [5.41, 5.74) is 7.52. The van der Waals surface area contributed by atoms with Gasteiger partial charge >= 0.3 is 0 Å². The number of aryl methyl sites for hydroxylation is 1. The van der Waals surface area contributed by atoms with Crippen molar-refractivity contribution in [2.45, 2.75) is 38.5 Å². The number of hydrogen-bond donors (Lipinski definition) is 2. The van der Waals surface area contributed by atoms with Gasteiger partial charge in [-0.3, -0.25) is 14.5 Å². The Balaban J connectivity index is 1.34. The maximum Gasteiger partial charge on any atom is 0.236 e. The zero-order valence-electron chi connectivity index (χ0n) is 18.7. The Hall–Kier alpha value is -3.00. The second-order valence-electron chi connectivity index (χ2n) is 8.87. The van der Waals surface area contributed by atoms with Gasteiger partial charge in [0.1, 0.15) is 11.6 Å². The molecule has 170 valence electrons. The number of anilines is 2. The van der Waals surface area contributed by atoms with Crippen LogP contribution < -0.4 is 11.1 Å². The summed E-state index contributed by atoms with van der Waals surface area (Å²) in [6.45, 7) is 5.42. The van der Waals surface area contributed by atoms with Crippen molar-refractivity contribution in [3.8, 4) is 0 Å². The van der Waals surface area contributed by atoms with Crippen molar-refractivity contribution in [2.24, 2.45) is 11.7 Å². The zero-order valence-corrected chi connectivity index (χ0v) is 18.7. The number of carbonyl (C=O) groups is 2. The molecule has 32 heavy (non-hydrogen) atoms. The molecule has 0 unspecified atom stereocenters. The zero-order chi connectivity index (χ0) is 22.5. The van der Waals surface area contributed by atoms with Gasteiger partial charge in [0.2, 0.25) is 11.8 Å². The monoisotopic (exact) mass is 436 g/mol. The summed E-state index contributed by atoms with van der Waals surface area (Å²) in [4.78, 5) is 37.5. The fourth-order valence-electron chi connectivity index (χ4n) is 4.63. The third-order valence-electron chi connectivity index (χ3n) is 6.56. The molecule has 2 saturated heterocycles. The number of piperidine rings is 2. The predicted molar refractivity (Wildman–Crippen MR) is 123 cm³/mol. The number of hydrogen-bond acceptors (Lipinski definition) is 6. The Morgan fingerprint density at radius 3 is 2.69 bits per heavy atom. The van der Waals surface area contributed by atoms with Gasteiger partial charge in [0.25, 0.3) is 0 Å². The molecule has 0 aliphatic carbocycles. The Morgan fingerprint density at radius 2 is 1.94 bits per heavy atom. The largest absolute Gasteiger partial charge is 0.369 e. The maximum absolute atomic E-state index is 12.8. The molecule has 0 saturated carbocycles. The van der Waals surface area contributed by atoms with Crippen LogP contribution in [0.25, 0.3) is 0 Å². The van der Waals surface area contributed by atoms with Crippen molar-refractivity contribution >= 4 is 23.5 Å². The second kappa shape index (κ2) is 10.1. The molecule has 2 amide bonds. The van der Waals surface area contributed by atoms with Gasteiger partial charge in [-0.25, -0.2) is 9.97 Å². The number of nitrogens with two attached hydrogens (primary N) is 1. The van der Waals surface area contributed by atoms with Crippen molar-refractivity contribution in [3.63, 3.8) is 0 Å². The Kier molecular flexibility index (Phi) is 6.99. The summed E-state index contributed by atoms with van der Waals surface area (Å²) >= 11 is 0. The first kappa shape index (κ1) is 22.2. The van der Waals surface area contributed by atoms with Gasteiger partial charge in [0.05, 0.1) is 6.54 Å². The van der Waals surface area contributed by atoms with Gasteiger partial charge in [-0.15, -0.1) is 0 Å². The Bertz CT molecular complexity index is 957. The molecule has 2 aliphatic heterocycles. The number of nitrogens with zero attached hydrogens (tertiary/aromatic N) is 4. The lowest BCUT2D eigenvalue weighted by Gasteiger charge is -2.35. The van der Waals surface area contributed by atoms with Crippen LogP contribution in [0.1, 0.15) is 42.9 Å². The standard InChI is InChI=1S/C24H32N6O2/c1-17-5-3-11-26-24(17)28-21-8-2-7-20(27-21)19-6-4-12-29(15-19)16-22(31)30-13-9-18(10-14-30)23(25)32/h2-3,5,7-8,11,18-19H,4,6,9-10,12-16H2,1H3,(H2,25,32)(H,26,27,28)/t19-/m0/s1. The van der Waals surface area contributed by atoms with Crippen molar-refractivity contribution in [1.82, 2.24) is 19.8 Å². The first-order valence-corrected chi connectivity index (χ1v) is 11.4. The van der Waals surface area contributed by atoms with E-state index in [0.29, 0.717) is 38.4 Å². The molecule has 0 radical (unpaired) electrons. The Morgan fingerprint density at radius 1 is 1.12 bits per heavy atom. The van der Waals surface area contributed by atoms with Gasteiger partial charge in [-0.1, -0.05) is 12.1 Å². The smallest absolute Gasteiger partial charge is 0.236 e. The summed E-state index contributed by atoms with van der Waals surface area (Å²) in [5, 5.41) is 3.32. The van der Waals surface area contributed by atoms with E-state index in [1.165, 1.54) is 0 Å². The molecular formula is C24H32N6O2. The predicted octanol–water partition coefficient (Wildman–Crippen LogP) is 2.43. The number of primary amides is 1. The number of likely N-dealkylation sites (tertiary alicyclic amines) is 2. The highest BCUT2D eigenvalue weighted by Crippen LogP contribution is 2.27. The van der Waals surface area contributed by atoms with E-state index in [4.69, 9.17) is 10.7 Å². The van der Waals surface area contributed by atoms with Crippen LogP contribution in [0.4, 0.5) is 11.6 Å². The van der Waals surface area contributed by atoms with E-state index in [0.717, 1.165) is 48.8 Å². The van der Waals surface area contributed by atoms with Crippen LogP contribution in [-0.2, 0) is 9.59 Å². The molecule has 8 heteroatoms. The molecule has 0 bridgehead atoms. The average Bonchev–Trinajstić information content (AvgIpc) is 2.81. The van der Waals surface area contributed by atoms with Crippen LogP contribution in [0.5, 0.6) is 0 Å². The number of carbonyl (C=O) groups excluding carboxylic acids is 2. The van der Waals surface area contributed by atoms with E-state index in [1.807, 2.05) is 36.1 Å². The summed E-state index contributed by atoms with van der Waals surface area (Å²) in [7, 11) is 0. The number of amides is 2. The van der Waals surface area contributed by atoms with Crippen molar-refractivity contribution in [1.29, 1.82) is 0 Å². The van der Waals surface area contributed by atoms with E-state index in [2.05, 4.69) is 21.3 Å². The minimum atomic E-state index is -0.251. The second-order valence-corrected chi connectivity index (χ2v) is 8.87. The minimum Gasteiger partial charge on any atom is -0.369 e. The third-order valence-corrected chi connectivity index (χ3v) is 6.56. The number of nitrogens with one attached hydrogen (secondary N) is 1. The topological polar surface area (TPSA) is 104 Å². The fourth-order valence-corrected chi connectivity index (χ4v) is 4.63. The first-order valence-electron chi connectivity index (χ1n) is 11.4. The lowest BCUT2D eigenvalue weighted by atomic mass is 9.94. The minimum absolute atomic E-state index is 0.0970. The van der Waals surface area contributed by atoms with Gasteiger partial charge in [-0.05, 0) is 62.9 Å². The SMILES string of the molecule is Cc1cccnc1Nc1cccc([C@H]2CCCN(CC(=O)N3CCC(C(N)=O)CC3)C2)n1. The number of pyridine rings is 2. The van der Waals surface area contributed by atoms with Gasteiger partial charge in [0, 0.05) is 43.4 Å². The van der Waals surface area contributed by atoms with E-state index in [1.54, 1.807) is 6.20 Å². The molecule has 2 aliphatic rings. The van der Waals surface area contributed by atoms with Crippen LogP contribution in [0.15, 0.2) is 36.5 Å². The van der Waals surface area contributed by atoms with Crippen LogP contribution in [-0.4, -0.2) is 64.3 Å². The average molecular weight is 437 g/mol. The van der Waals surface area contributed by atoms with Gasteiger partial charge < -0.3 is 16.0 Å². The summed E-state index contributed by atoms with van der Waals surface area (Å²) < 4.78 is 0. The molecular weight excluding hydrogens is 404 g/mol. The van der Waals surface area contributed by atoms with Crippen molar-refractivity contribution in [2.75, 3.05) is 38.0 Å². The molecule has 4 rings (SSSR count). The van der Waals surface area contributed by atoms with Gasteiger partial charge in [0.15, 0.2) is 0 Å². The van der Waals surface area contributed by atoms with Crippen LogP contribution >= 0.6 is 0 Å². The highest BCUT2D eigenvalue weighted by atomic mass is 16.2. The molecule has 2 aromatic heterocycles. The third kappa shape index (κ3) is 5.43. The molecule has 0 aromatic carbocycles. The molecule has 8 nitrogen and oxygen atoms in total. The fraction of sp³-hybridized carbons (Fsp3) is 0.500.